The molecule has 0 radical (unpaired) electrons. The molecule has 2 aliphatic rings. The molecule has 0 bridgehead atoms. The number of hydrogen-bond donors (Lipinski definition) is 0. The van der Waals surface area contributed by atoms with Crippen LogP contribution in [-0.2, 0) is 16.9 Å². The smallest absolute Gasteiger partial charge is 0.190 e. The number of aromatic nitrogens is 3. The van der Waals surface area contributed by atoms with Crippen molar-refractivity contribution in [2.24, 2.45) is 13.0 Å². The van der Waals surface area contributed by atoms with Crippen molar-refractivity contribution < 1.29 is 8.42 Å². The van der Waals surface area contributed by atoms with Crippen molar-refractivity contribution in [2.45, 2.75) is 56.0 Å². The van der Waals surface area contributed by atoms with E-state index in [1.807, 2.05) is 11.6 Å². The van der Waals surface area contributed by atoms with Crippen LogP contribution in [0, 0.1) is 5.92 Å². The lowest BCUT2D eigenvalue weighted by atomic mass is 10.0. The summed E-state index contributed by atoms with van der Waals surface area (Å²) in [6, 6.07) is 0. The molecule has 0 N–H and O–H groups in total. The molecule has 1 atom stereocenters. The maximum Gasteiger partial charge on any atom is 0.190 e. The molecule has 1 aliphatic heterocycles. The first kappa shape index (κ1) is 16.3. The normalized spacial score (nSPS) is 25.0. The molecule has 1 saturated carbocycles. The van der Waals surface area contributed by atoms with Gasteiger partial charge in [-0.25, -0.2) is 8.42 Å². The van der Waals surface area contributed by atoms with E-state index in [1.165, 1.54) is 38.5 Å². The summed E-state index contributed by atoms with van der Waals surface area (Å²) in [6.45, 7) is 0. The maximum atomic E-state index is 11.6. The van der Waals surface area contributed by atoms with E-state index in [9.17, 15) is 8.42 Å². The Morgan fingerprint density at radius 3 is 2.68 bits per heavy atom. The summed E-state index contributed by atoms with van der Waals surface area (Å²) >= 11 is 1.75. The Kier molecular flexibility index (Phi) is 5.12. The predicted octanol–water partition coefficient (Wildman–Crippen LogP) is 2.78. The topological polar surface area (TPSA) is 64.8 Å². The summed E-state index contributed by atoms with van der Waals surface area (Å²) in [5.41, 5.74) is 0. The van der Waals surface area contributed by atoms with Gasteiger partial charge in [0.25, 0.3) is 0 Å². The van der Waals surface area contributed by atoms with Crippen LogP contribution >= 0.6 is 11.8 Å². The Bertz CT molecular complexity index is 606. The number of rotatable bonds is 6. The molecule has 124 valence electrons. The zero-order chi connectivity index (χ0) is 15.6. The Morgan fingerprint density at radius 1 is 1.23 bits per heavy atom. The molecule has 5 nitrogen and oxygen atoms in total. The van der Waals surface area contributed by atoms with Crippen molar-refractivity contribution >= 4 is 21.6 Å². The van der Waals surface area contributed by atoms with Gasteiger partial charge in [-0.1, -0.05) is 37.4 Å². The van der Waals surface area contributed by atoms with Gasteiger partial charge in [-0.3, -0.25) is 0 Å². The zero-order valence-corrected chi connectivity index (χ0v) is 14.8. The number of nitrogens with zero attached hydrogens (tertiary/aromatic N) is 3. The van der Waals surface area contributed by atoms with E-state index in [0.29, 0.717) is 6.42 Å². The Morgan fingerprint density at radius 2 is 2.00 bits per heavy atom. The third kappa shape index (κ3) is 3.85. The van der Waals surface area contributed by atoms with E-state index >= 15 is 0 Å². The fourth-order valence-corrected chi connectivity index (χ4v) is 6.26. The Balaban J connectivity index is 1.50. The van der Waals surface area contributed by atoms with Gasteiger partial charge in [0.05, 0.1) is 11.5 Å². The highest BCUT2D eigenvalue weighted by Crippen LogP contribution is 2.31. The van der Waals surface area contributed by atoms with E-state index in [4.69, 9.17) is 0 Å². The lowest BCUT2D eigenvalue weighted by Crippen LogP contribution is -2.09. The maximum absolute atomic E-state index is 11.6. The molecule has 0 amide bonds. The summed E-state index contributed by atoms with van der Waals surface area (Å²) in [5, 5.41) is 9.43. The van der Waals surface area contributed by atoms with Crippen LogP contribution in [0.4, 0.5) is 0 Å². The van der Waals surface area contributed by atoms with E-state index in [1.54, 1.807) is 11.8 Å². The third-order valence-electron chi connectivity index (χ3n) is 4.93. The fraction of sp³-hybridized carbons (Fsp3) is 0.867. The average Bonchev–Trinajstić information content (AvgIpc) is 3.17. The van der Waals surface area contributed by atoms with Crippen LogP contribution in [0.5, 0.6) is 0 Å². The number of thioether (sulfide) groups is 1. The number of sulfone groups is 1. The van der Waals surface area contributed by atoms with Gasteiger partial charge >= 0.3 is 0 Å². The molecule has 1 aromatic heterocycles. The largest absolute Gasteiger partial charge is 0.309 e. The highest BCUT2D eigenvalue weighted by Gasteiger charge is 2.32. The number of hydrogen-bond acceptors (Lipinski definition) is 5. The molecule has 1 aromatic rings. The SMILES string of the molecule is Cn1c(SCCCC2CCCC2)nnc1C1CCS(=O)(=O)C1. The Labute approximate surface area is 137 Å². The first-order valence-corrected chi connectivity index (χ1v) is 11.1. The Hall–Kier alpha value is -0.560. The summed E-state index contributed by atoms with van der Waals surface area (Å²) in [5.74, 6) is 3.39. The molecule has 3 rings (SSSR count). The van der Waals surface area contributed by atoms with Crippen LogP contribution in [0.15, 0.2) is 5.16 Å². The van der Waals surface area contributed by atoms with Crippen molar-refractivity contribution in [3.05, 3.63) is 5.82 Å². The quantitative estimate of drug-likeness (QED) is 0.587. The van der Waals surface area contributed by atoms with Gasteiger partial charge in [0.2, 0.25) is 0 Å². The zero-order valence-electron chi connectivity index (χ0n) is 13.2. The van der Waals surface area contributed by atoms with Crippen molar-refractivity contribution in [1.29, 1.82) is 0 Å². The minimum Gasteiger partial charge on any atom is -0.309 e. The summed E-state index contributed by atoms with van der Waals surface area (Å²) in [7, 11) is -0.912. The van der Waals surface area contributed by atoms with Crippen molar-refractivity contribution in [1.82, 2.24) is 14.8 Å². The van der Waals surface area contributed by atoms with Crippen LogP contribution in [0.25, 0.3) is 0 Å². The second-order valence-electron chi connectivity index (χ2n) is 6.64. The van der Waals surface area contributed by atoms with Crippen molar-refractivity contribution in [2.75, 3.05) is 17.3 Å². The highest BCUT2D eigenvalue weighted by atomic mass is 32.2. The molecule has 0 aromatic carbocycles. The van der Waals surface area contributed by atoms with Gasteiger partial charge in [-0.2, -0.15) is 0 Å². The molecule has 1 saturated heterocycles. The second kappa shape index (κ2) is 6.91. The second-order valence-corrected chi connectivity index (χ2v) is 9.93. The van der Waals surface area contributed by atoms with Gasteiger partial charge in [0.1, 0.15) is 5.82 Å². The van der Waals surface area contributed by atoms with Gasteiger partial charge in [-0.15, -0.1) is 10.2 Å². The first-order valence-electron chi connectivity index (χ1n) is 8.28. The molecular weight excluding hydrogens is 318 g/mol. The van der Waals surface area contributed by atoms with Crippen molar-refractivity contribution in [3.8, 4) is 0 Å². The molecule has 22 heavy (non-hydrogen) atoms. The van der Waals surface area contributed by atoms with Gasteiger partial charge < -0.3 is 4.57 Å². The molecule has 7 heteroatoms. The molecule has 1 aliphatic carbocycles. The fourth-order valence-electron chi connectivity index (χ4n) is 3.64. The summed E-state index contributed by atoms with van der Waals surface area (Å²) in [6.07, 6.45) is 8.89. The van der Waals surface area contributed by atoms with Crippen molar-refractivity contribution in [3.63, 3.8) is 0 Å². The molecule has 1 unspecified atom stereocenters. The molecule has 0 spiro atoms. The summed E-state index contributed by atoms with van der Waals surface area (Å²) < 4.78 is 25.2. The van der Waals surface area contributed by atoms with Crippen LogP contribution in [-0.4, -0.2) is 40.4 Å². The lowest BCUT2D eigenvalue weighted by molar-refractivity contribution is 0.498. The van der Waals surface area contributed by atoms with Crippen LogP contribution in [0.1, 0.15) is 56.7 Å². The lowest BCUT2D eigenvalue weighted by Gasteiger charge is -2.09. The van der Waals surface area contributed by atoms with Crippen LogP contribution in [0.3, 0.4) is 0 Å². The van der Waals surface area contributed by atoms with E-state index in [2.05, 4.69) is 10.2 Å². The van der Waals surface area contributed by atoms with Gasteiger partial charge in [-0.05, 0) is 25.2 Å². The standard InChI is InChI=1S/C15H25N3O2S2/c1-18-14(13-8-10-22(19,20)11-13)16-17-15(18)21-9-4-7-12-5-2-3-6-12/h12-13H,2-11H2,1H3. The molecule has 2 heterocycles. The van der Waals surface area contributed by atoms with E-state index < -0.39 is 9.84 Å². The van der Waals surface area contributed by atoms with E-state index in [0.717, 1.165) is 22.7 Å². The van der Waals surface area contributed by atoms with E-state index in [-0.39, 0.29) is 17.4 Å². The highest BCUT2D eigenvalue weighted by molar-refractivity contribution is 7.99. The summed E-state index contributed by atoms with van der Waals surface area (Å²) in [4.78, 5) is 0. The average molecular weight is 344 g/mol. The first-order chi connectivity index (χ1) is 10.6. The van der Waals surface area contributed by atoms with Crippen LogP contribution < -0.4 is 0 Å². The molecule has 2 fully saturated rings. The minimum absolute atomic E-state index is 0.0235. The minimum atomic E-state index is -2.87. The molecular formula is C15H25N3O2S2. The van der Waals surface area contributed by atoms with Crippen LogP contribution in [0.2, 0.25) is 0 Å². The monoisotopic (exact) mass is 343 g/mol. The van der Waals surface area contributed by atoms with Gasteiger partial charge in [0.15, 0.2) is 15.0 Å². The van der Waals surface area contributed by atoms with Gasteiger partial charge in [0, 0.05) is 18.7 Å². The predicted molar refractivity (Wildman–Crippen MR) is 88.9 cm³/mol. The third-order valence-corrected chi connectivity index (χ3v) is 7.80.